The molecule has 1 aromatic heterocycles. The topological polar surface area (TPSA) is 72.7 Å². The molecular formula is C26H35N5O2. The van der Waals surface area contributed by atoms with Crippen LogP contribution in [0, 0.1) is 13.8 Å². The summed E-state index contributed by atoms with van der Waals surface area (Å²) in [7, 11) is 1.68. The zero-order valence-electron chi connectivity index (χ0n) is 20.1. The highest BCUT2D eigenvalue weighted by atomic mass is 16.5. The third kappa shape index (κ3) is 7.64. The molecule has 0 aliphatic rings. The lowest BCUT2D eigenvalue weighted by atomic mass is 10.1. The minimum atomic E-state index is 0.524. The van der Waals surface area contributed by atoms with Gasteiger partial charge in [0.25, 0.3) is 0 Å². The molecule has 0 unspecified atom stereocenters. The van der Waals surface area contributed by atoms with Gasteiger partial charge in [-0.1, -0.05) is 36.4 Å². The number of imidazole rings is 1. The van der Waals surface area contributed by atoms with Crippen molar-refractivity contribution in [2.75, 3.05) is 26.9 Å². The summed E-state index contributed by atoms with van der Waals surface area (Å²) < 4.78 is 13.2. The Bertz CT molecular complexity index is 1040. The number of aromatic nitrogens is 2. The summed E-state index contributed by atoms with van der Waals surface area (Å²) in [5.74, 6) is 2.66. The molecule has 3 rings (SSSR count). The minimum absolute atomic E-state index is 0.524. The smallest absolute Gasteiger partial charge is 0.191 e. The van der Waals surface area contributed by atoms with Gasteiger partial charge in [-0.05, 0) is 43.5 Å². The fourth-order valence-electron chi connectivity index (χ4n) is 3.46. The largest absolute Gasteiger partial charge is 0.491 e. The molecule has 7 nitrogen and oxygen atoms in total. The molecule has 3 aromatic rings. The first kappa shape index (κ1) is 24.3. The Kier molecular flexibility index (Phi) is 9.32. The summed E-state index contributed by atoms with van der Waals surface area (Å²) in [5, 5.41) is 6.76. The van der Waals surface area contributed by atoms with Gasteiger partial charge in [0.1, 0.15) is 18.2 Å². The lowest BCUT2D eigenvalue weighted by Crippen LogP contribution is -2.36. The molecule has 176 valence electrons. The number of hydrogen-bond donors (Lipinski definition) is 2. The Morgan fingerprint density at radius 3 is 2.67 bits per heavy atom. The van der Waals surface area contributed by atoms with Gasteiger partial charge in [-0.2, -0.15) is 0 Å². The molecule has 2 aromatic carbocycles. The van der Waals surface area contributed by atoms with E-state index in [0.717, 1.165) is 41.7 Å². The van der Waals surface area contributed by atoms with E-state index in [1.165, 1.54) is 11.1 Å². The Hall–Kier alpha value is -3.32. The van der Waals surface area contributed by atoms with E-state index in [4.69, 9.17) is 14.5 Å². The number of methoxy groups -OCH3 is 1. The number of hydrogen-bond acceptors (Lipinski definition) is 4. The fourth-order valence-corrected chi connectivity index (χ4v) is 3.46. The molecule has 0 bridgehead atoms. The summed E-state index contributed by atoms with van der Waals surface area (Å²) in [4.78, 5) is 9.09. The molecular weight excluding hydrogens is 414 g/mol. The number of nitrogens with one attached hydrogen (secondary N) is 2. The molecule has 7 heteroatoms. The van der Waals surface area contributed by atoms with Gasteiger partial charge < -0.3 is 24.7 Å². The highest BCUT2D eigenvalue weighted by Gasteiger charge is 2.07. The maximum Gasteiger partial charge on any atom is 0.191 e. The number of ether oxygens (including phenoxy) is 2. The van der Waals surface area contributed by atoms with Crippen molar-refractivity contribution >= 4 is 5.96 Å². The monoisotopic (exact) mass is 449 g/mol. The Morgan fingerprint density at radius 1 is 1.06 bits per heavy atom. The minimum Gasteiger partial charge on any atom is -0.491 e. The Labute approximate surface area is 196 Å². The number of aryl methyl sites for hydroxylation is 2. The van der Waals surface area contributed by atoms with Crippen LogP contribution in [-0.2, 0) is 24.4 Å². The van der Waals surface area contributed by atoms with E-state index in [2.05, 4.69) is 76.5 Å². The first-order valence-corrected chi connectivity index (χ1v) is 11.4. The van der Waals surface area contributed by atoms with Crippen LogP contribution in [0.25, 0.3) is 0 Å². The highest BCUT2D eigenvalue weighted by molar-refractivity contribution is 5.79. The third-order valence-corrected chi connectivity index (χ3v) is 5.25. The van der Waals surface area contributed by atoms with E-state index in [1.807, 2.05) is 19.3 Å². The molecule has 0 fully saturated rings. The van der Waals surface area contributed by atoms with Crippen molar-refractivity contribution in [1.29, 1.82) is 0 Å². The zero-order valence-corrected chi connectivity index (χ0v) is 20.1. The Morgan fingerprint density at radius 2 is 1.91 bits per heavy atom. The van der Waals surface area contributed by atoms with Gasteiger partial charge in [0.15, 0.2) is 5.96 Å². The van der Waals surface area contributed by atoms with E-state index < -0.39 is 0 Å². The maximum absolute atomic E-state index is 5.91. The molecule has 1 heterocycles. The zero-order chi connectivity index (χ0) is 23.5. The van der Waals surface area contributed by atoms with E-state index in [-0.39, 0.29) is 0 Å². The third-order valence-electron chi connectivity index (χ3n) is 5.25. The van der Waals surface area contributed by atoms with Crippen molar-refractivity contribution in [1.82, 2.24) is 20.2 Å². The normalized spacial score (nSPS) is 11.5. The predicted octanol–water partition coefficient (Wildman–Crippen LogP) is 3.83. The average Bonchev–Trinajstić information content (AvgIpc) is 3.21. The summed E-state index contributed by atoms with van der Waals surface area (Å²) in [6.45, 7) is 10.0. The van der Waals surface area contributed by atoms with Crippen LogP contribution in [0.15, 0.2) is 59.9 Å². The van der Waals surface area contributed by atoms with Crippen molar-refractivity contribution < 1.29 is 9.47 Å². The molecule has 0 aliphatic heterocycles. The van der Waals surface area contributed by atoms with Gasteiger partial charge in [0.05, 0.1) is 13.2 Å². The van der Waals surface area contributed by atoms with Crippen LogP contribution in [0.1, 0.15) is 35.0 Å². The summed E-state index contributed by atoms with van der Waals surface area (Å²) in [6.07, 6.45) is 3.84. The van der Waals surface area contributed by atoms with Crippen molar-refractivity contribution in [3.8, 4) is 5.75 Å². The second-order valence-corrected chi connectivity index (χ2v) is 7.92. The summed E-state index contributed by atoms with van der Waals surface area (Å²) >= 11 is 0. The van der Waals surface area contributed by atoms with Crippen molar-refractivity contribution in [2.24, 2.45) is 4.99 Å². The van der Waals surface area contributed by atoms with E-state index in [9.17, 15) is 0 Å². The summed E-state index contributed by atoms with van der Waals surface area (Å²) in [5.41, 5.74) is 4.65. The van der Waals surface area contributed by atoms with Crippen LogP contribution < -0.4 is 15.4 Å². The van der Waals surface area contributed by atoms with Gasteiger partial charge in [-0.3, -0.25) is 0 Å². The molecule has 33 heavy (non-hydrogen) atoms. The number of benzene rings is 2. The molecule has 0 saturated carbocycles. The lowest BCUT2D eigenvalue weighted by molar-refractivity contribution is 0.145. The quantitative estimate of drug-likeness (QED) is 0.264. The Balaban J connectivity index is 1.64. The first-order chi connectivity index (χ1) is 16.1. The number of rotatable bonds is 11. The van der Waals surface area contributed by atoms with Crippen LogP contribution in [0.5, 0.6) is 5.75 Å². The number of aliphatic imine (C=N–C) groups is 1. The number of nitrogens with zero attached hydrogens (tertiary/aromatic N) is 3. The number of guanidine groups is 1. The van der Waals surface area contributed by atoms with Crippen LogP contribution in [0.3, 0.4) is 0 Å². The molecule has 0 saturated heterocycles. The predicted molar refractivity (Wildman–Crippen MR) is 133 cm³/mol. The van der Waals surface area contributed by atoms with Crippen molar-refractivity contribution in [3.63, 3.8) is 0 Å². The SMILES string of the molecule is CCNC(=NCc1cccc(Cn2ccnc2C)c1)NCc1ccc(C)cc1OCCOC. The van der Waals surface area contributed by atoms with Crippen LogP contribution in [0.2, 0.25) is 0 Å². The van der Waals surface area contributed by atoms with E-state index in [0.29, 0.717) is 26.3 Å². The molecule has 0 radical (unpaired) electrons. The van der Waals surface area contributed by atoms with Crippen LogP contribution in [0.4, 0.5) is 0 Å². The fraction of sp³-hybridized carbons (Fsp3) is 0.385. The average molecular weight is 450 g/mol. The molecule has 0 spiro atoms. The molecule has 0 amide bonds. The van der Waals surface area contributed by atoms with Gasteiger partial charge >= 0.3 is 0 Å². The van der Waals surface area contributed by atoms with Gasteiger partial charge in [0.2, 0.25) is 0 Å². The molecule has 2 N–H and O–H groups in total. The van der Waals surface area contributed by atoms with Gasteiger partial charge in [-0.25, -0.2) is 9.98 Å². The second kappa shape index (κ2) is 12.6. The van der Waals surface area contributed by atoms with Crippen LogP contribution >= 0.6 is 0 Å². The van der Waals surface area contributed by atoms with Crippen LogP contribution in [-0.4, -0.2) is 42.4 Å². The van der Waals surface area contributed by atoms with Crippen molar-refractivity contribution in [2.45, 2.75) is 40.4 Å². The molecule has 0 aliphatic carbocycles. The second-order valence-electron chi connectivity index (χ2n) is 7.92. The van der Waals surface area contributed by atoms with E-state index in [1.54, 1.807) is 7.11 Å². The maximum atomic E-state index is 5.91. The van der Waals surface area contributed by atoms with Gasteiger partial charge in [0, 0.05) is 44.7 Å². The van der Waals surface area contributed by atoms with Crippen molar-refractivity contribution in [3.05, 3.63) is 82.9 Å². The molecule has 0 atom stereocenters. The van der Waals surface area contributed by atoms with E-state index >= 15 is 0 Å². The lowest BCUT2D eigenvalue weighted by Gasteiger charge is -2.15. The van der Waals surface area contributed by atoms with Gasteiger partial charge in [-0.15, -0.1) is 0 Å². The standard InChI is InChI=1S/C26H35N5O2/c1-5-27-26(30-18-24-10-9-20(2)15-25(24)33-14-13-32-4)29-17-22-7-6-8-23(16-22)19-31-12-11-28-21(31)3/h6-12,15-16H,5,13-14,17-19H2,1-4H3,(H2,27,29,30). The highest BCUT2D eigenvalue weighted by Crippen LogP contribution is 2.20. The first-order valence-electron chi connectivity index (χ1n) is 11.4. The summed E-state index contributed by atoms with van der Waals surface area (Å²) in [6, 6.07) is 14.8.